The van der Waals surface area contributed by atoms with Crippen molar-refractivity contribution in [2.75, 3.05) is 13.6 Å². The van der Waals surface area contributed by atoms with Gasteiger partial charge in [-0.15, -0.1) is 0 Å². The summed E-state index contributed by atoms with van der Waals surface area (Å²) in [5, 5.41) is 2.89. The minimum atomic E-state index is -0.141. The average Bonchev–Trinajstić information content (AvgIpc) is 2.31. The highest BCUT2D eigenvalue weighted by atomic mass is 79.9. The van der Waals surface area contributed by atoms with Crippen molar-refractivity contribution in [2.45, 2.75) is 26.3 Å². The van der Waals surface area contributed by atoms with Gasteiger partial charge in [-0.25, -0.2) is 0 Å². The van der Waals surface area contributed by atoms with Gasteiger partial charge in [0.2, 0.25) is 11.8 Å². The van der Waals surface area contributed by atoms with Crippen LogP contribution >= 0.6 is 15.9 Å². The second kappa shape index (κ2) is 7.28. The highest BCUT2D eigenvalue weighted by Crippen LogP contribution is 2.17. The van der Waals surface area contributed by atoms with Crippen LogP contribution in [0.5, 0.6) is 0 Å². The van der Waals surface area contributed by atoms with Gasteiger partial charge in [0.05, 0.1) is 6.54 Å². The van der Waals surface area contributed by atoms with Crippen LogP contribution < -0.4 is 5.32 Å². The van der Waals surface area contributed by atoms with Gasteiger partial charge in [0, 0.05) is 24.5 Å². The Morgan fingerprint density at radius 3 is 2.58 bits per heavy atom. The number of rotatable bonds is 5. The third-order valence-corrected chi connectivity index (χ3v) is 3.58. The van der Waals surface area contributed by atoms with E-state index in [1.165, 1.54) is 11.8 Å². The largest absolute Gasteiger partial charge is 0.352 e. The lowest BCUT2D eigenvalue weighted by Gasteiger charge is -2.18. The molecule has 1 rings (SSSR count). The summed E-state index contributed by atoms with van der Waals surface area (Å²) in [6.07, 6.45) is 0.747. The van der Waals surface area contributed by atoms with Gasteiger partial charge in [-0.3, -0.25) is 9.59 Å². The molecule has 1 aromatic rings. The summed E-state index contributed by atoms with van der Waals surface area (Å²) in [4.78, 5) is 24.2. The summed E-state index contributed by atoms with van der Waals surface area (Å²) in [5.74, 6) is -0.258. The van der Waals surface area contributed by atoms with E-state index in [1.54, 1.807) is 7.05 Å². The first-order valence-corrected chi connectivity index (χ1v) is 6.94. The van der Waals surface area contributed by atoms with Crippen LogP contribution in [-0.2, 0) is 16.0 Å². The molecule has 0 saturated carbocycles. The molecule has 0 radical (unpaired) electrons. The second-order valence-electron chi connectivity index (χ2n) is 4.64. The van der Waals surface area contributed by atoms with Gasteiger partial charge in [-0.05, 0) is 25.0 Å². The monoisotopic (exact) mass is 326 g/mol. The third kappa shape index (κ3) is 5.42. The van der Waals surface area contributed by atoms with E-state index in [4.69, 9.17) is 0 Å². The normalized spacial score (nSPS) is 11.8. The Hall–Kier alpha value is -1.36. The molecule has 0 bridgehead atoms. The number of halogens is 1. The van der Waals surface area contributed by atoms with E-state index >= 15 is 0 Å². The van der Waals surface area contributed by atoms with Crippen LogP contribution in [0.1, 0.15) is 19.4 Å². The van der Waals surface area contributed by atoms with Crippen molar-refractivity contribution < 1.29 is 9.59 Å². The van der Waals surface area contributed by atoms with Crippen molar-refractivity contribution >= 4 is 27.7 Å². The first kappa shape index (κ1) is 15.7. The van der Waals surface area contributed by atoms with Crippen LogP contribution in [0.15, 0.2) is 28.7 Å². The van der Waals surface area contributed by atoms with E-state index in [-0.39, 0.29) is 24.4 Å². The number of carbonyl (C=O) groups excluding carboxylic acids is 2. The lowest BCUT2D eigenvalue weighted by molar-refractivity contribution is -0.133. The lowest BCUT2D eigenvalue weighted by atomic mass is 10.1. The molecule has 0 heterocycles. The minimum absolute atomic E-state index is 0.0200. The maximum Gasteiger partial charge on any atom is 0.239 e. The fraction of sp³-hybridized carbons (Fsp3) is 0.429. The molecule has 5 heteroatoms. The summed E-state index contributed by atoms with van der Waals surface area (Å²) < 4.78 is 1.04. The standard InChI is InChI=1S/C14H19BrN2O2/c1-10(8-12-6-4-5-7-13(12)15)16-14(19)9-17(3)11(2)18/h4-7,10H,8-9H2,1-3H3,(H,16,19). The first-order valence-electron chi connectivity index (χ1n) is 6.14. The number of hydrogen-bond donors (Lipinski definition) is 1. The summed E-state index contributed by atoms with van der Waals surface area (Å²) >= 11 is 3.48. The fourth-order valence-corrected chi connectivity index (χ4v) is 2.14. The van der Waals surface area contributed by atoms with Gasteiger partial charge in [-0.1, -0.05) is 34.1 Å². The van der Waals surface area contributed by atoms with Crippen LogP contribution in [0.3, 0.4) is 0 Å². The molecule has 104 valence electrons. The lowest BCUT2D eigenvalue weighted by Crippen LogP contribution is -2.41. The molecule has 1 unspecified atom stereocenters. The molecule has 1 N–H and O–H groups in total. The zero-order valence-corrected chi connectivity index (χ0v) is 13.0. The molecule has 0 fully saturated rings. The van der Waals surface area contributed by atoms with Gasteiger partial charge in [0.25, 0.3) is 0 Å². The molecule has 0 spiro atoms. The number of nitrogens with one attached hydrogen (secondary N) is 1. The van der Waals surface area contributed by atoms with E-state index < -0.39 is 0 Å². The summed E-state index contributed by atoms with van der Waals surface area (Å²) in [6, 6.07) is 7.95. The Morgan fingerprint density at radius 2 is 2.00 bits per heavy atom. The van der Waals surface area contributed by atoms with Crippen molar-refractivity contribution in [1.29, 1.82) is 0 Å². The van der Waals surface area contributed by atoms with E-state index in [2.05, 4.69) is 21.2 Å². The van der Waals surface area contributed by atoms with Crippen LogP contribution in [0, 0.1) is 0 Å². The van der Waals surface area contributed by atoms with Crippen LogP contribution in [-0.4, -0.2) is 36.3 Å². The molecule has 1 atom stereocenters. The molecule has 0 aromatic heterocycles. The number of carbonyl (C=O) groups is 2. The van der Waals surface area contributed by atoms with Crippen LogP contribution in [0.2, 0.25) is 0 Å². The molecular weight excluding hydrogens is 308 g/mol. The van der Waals surface area contributed by atoms with E-state index in [1.807, 2.05) is 31.2 Å². The highest BCUT2D eigenvalue weighted by molar-refractivity contribution is 9.10. The summed E-state index contributed by atoms with van der Waals surface area (Å²) in [6.45, 7) is 3.48. The van der Waals surface area contributed by atoms with E-state index in [0.29, 0.717) is 0 Å². The number of hydrogen-bond acceptors (Lipinski definition) is 2. The summed E-state index contributed by atoms with van der Waals surface area (Å²) in [7, 11) is 1.61. The maximum atomic E-state index is 11.7. The number of benzene rings is 1. The molecule has 0 aliphatic heterocycles. The first-order chi connectivity index (χ1) is 8.90. The van der Waals surface area contributed by atoms with Crippen LogP contribution in [0.25, 0.3) is 0 Å². The molecule has 1 aromatic carbocycles. The zero-order chi connectivity index (χ0) is 14.4. The topological polar surface area (TPSA) is 49.4 Å². The maximum absolute atomic E-state index is 11.7. The van der Waals surface area contributed by atoms with Crippen molar-refractivity contribution in [3.05, 3.63) is 34.3 Å². The van der Waals surface area contributed by atoms with Gasteiger partial charge < -0.3 is 10.2 Å². The van der Waals surface area contributed by atoms with E-state index in [0.717, 1.165) is 16.5 Å². The molecule has 0 saturated heterocycles. The number of likely N-dealkylation sites (N-methyl/N-ethyl adjacent to an activating group) is 1. The van der Waals surface area contributed by atoms with Gasteiger partial charge in [0.1, 0.15) is 0 Å². The van der Waals surface area contributed by atoms with Crippen LogP contribution in [0.4, 0.5) is 0 Å². The highest BCUT2D eigenvalue weighted by Gasteiger charge is 2.12. The predicted octanol–water partition coefficient (Wildman–Crippen LogP) is 1.97. The Balaban J connectivity index is 2.47. The molecule has 0 aliphatic carbocycles. The quantitative estimate of drug-likeness (QED) is 0.899. The Morgan fingerprint density at radius 1 is 1.37 bits per heavy atom. The SMILES string of the molecule is CC(=O)N(C)CC(=O)NC(C)Cc1ccccc1Br. The fourth-order valence-electron chi connectivity index (χ4n) is 1.69. The molecule has 2 amide bonds. The van der Waals surface area contributed by atoms with Crippen molar-refractivity contribution in [3.8, 4) is 0 Å². The predicted molar refractivity (Wildman–Crippen MR) is 78.8 cm³/mol. The van der Waals surface area contributed by atoms with Crippen molar-refractivity contribution in [2.24, 2.45) is 0 Å². The Labute approximate surface area is 122 Å². The minimum Gasteiger partial charge on any atom is -0.352 e. The molecule has 0 aliphatic rings. The van der Waals surface area contributed by atoms with Crippen molar-refractivity contribution in [3.63, 3.8) is 0 Å². The van der Waals surface area contributed by atoms with Gasteiger partial charge in [-0.2, -0.15) is 0 Å². The zero-order valence-electron chi connectivity index (χ0n) is 11.4. The Kier molecular flexibility index (Phi) is 6.02. The van der Waals surface area contributed by atoms with Gasteiger partial charge >= 0.3 is 0 Å². The van der Waals surface area contributed by atoms with Gasteiger partial charge in [0.15, 0.2) is 0 Å². The third-order valence-electron chi connectivity index (χ3n) is 2.81. The molecule has 19 heavy (non-hydrogen) atoms. The second-order valence-corrected chi connectivity index (χ2v) is 5.49. The Bertz CT molecular complexity index is 463. The smallest absolute Gasteiger partial charge is 0.239 e. The number of amides is 2. The summed E-state index contributed by atoms with van der Waals surface area (Å²) in [5.41, 5.74) is 1.15. The number of nitrogens with zero attached hydrogens (tertiary/aromatic N) is 1. The molecular formula is C14H19BrN2O2. The average molecular weight is 327 g/mol. The molecule has 4 nitrogen and oxygen atoms in total. The van der Waals surface area contributed by atoms with E-state index in [9.17, 15) is 9.59 Å². The van der Waals surface area contributed by atoms with Crippen molar-refractivity contribution in [1.82, 2.24) is 10.2 Å².